The van der Waals surface area contributed by atoms with Gasteiger partial charge in [0.2, 0.25) is 11.8 Å². The quantitative estimate of drug-likeness (QED) is 0.00787. The van der Waals surface area contributed by atoms with Crippen LogP contribution in [0.4, 0.5) is 0 Å². The number of carbonyl (C=O) groups is 7. The summed E-state index contributed by atoms with van der Waals surface area (Å²) in [5.74, 6) is 3.60. The molecule has 3 amide bonds. The lowest BCUT2D eigenvalue weighted by Gasteiger charge is -2.18. The SMILES string of the molecule is CNS.COC(=O)CCCOCOC=CNC(N)C(=O)NCCSSCCNC=CC(N)N.COC(=O)CCCOCOC=CNCC(=O)NCCSSCCN.COC(=O)CCCOCOC=CNCC(=O)NCCSSCCNC=CCC(=O)OC(C)(C)C. The van der Waals surface area contributed by atoms with E-state index in [1.807, 2.05) is 20.8 Å². The van der Waals surface area contributed by atoms with Crippen LogP contribution in [0.15, 0.2) is 61.9 Å². The second-order valence-electron chi connectivity index (χ2n) is 17.9. The van der Waals surface area contributed by atoms with Crippen molar-refractivity contribution in [2.75, 3.05) is 155 Å². The molecule has 0 spiro atoms. The zero-order chi connectivity index (χ0) is 68.5. The Morgan fingerprint density at radius 2 is 0.901 bits per heavy atom. The number of carbonyl (C=O) groups excluding carboxylic acids is 7. The highest BCUT2D eigenvalue weighted by atomic mass is 33.1. The van der Waals surface area contributed by atoms with Crippen molar-refractivity contribution in [1.29, 1.82) is 0 Å². The molecule has 0 aromatic rings. The van der Waals surface area contributed by atoms with E-state index in [0.717, 1.165) is 47.6 Å². The molecule has 0 aromatic carbocycles. The molecule has 530 valence electrons. The van der Waals surface area contributed by atoms with Crippen molar-refractivity contribution in [2.24, 2.45) is 22.9 Å². The molecule has 0 rings (SSSR count). The molecule has 0 heterocycles. The summed E-state index contributed by atoms with van der Waals surface area (Å²) in [5.41, 5.74) is 21.4. The van der Waals surface area contributed by atoms with Crippen LogP contribution in [-0.2, 0) is 80.9 Å². The van der Waals surface area contributed by atoms with Gasteiger partial charge in [-0.25, -0.2) is 0 Å². The fourth-order valence-corrected chi connectivity index (χ4v) is 10.4. The van der Waals surface area contributed by atoms with Gasteiger partial charge in [0.1, 0.15) is 24.4 Å². The van der Waals surface area contributed by atoms with Crippen molar-refractivity contribution >= 4 is 119 Å². The lowest BCUT2D eigenvalue weighted by Crippen LogP contribution is -2.48. The maximum Gasteiger partial charge on any atom is 0.310 e. The molecule has 30 nitrogen and oxygen atoms in total. The van der Waals surface area contributed by atoms with Crippen LogP contribution in [0.3, 0.4) is 0 Å². The van der Waals surface area contributed by atoms with Crippen LogP contribution in [0.5, 0.6) is 0 Å². The summed E-state index contributed by atoms with van der Waals surface area (Å²) in [6.07, 6.45) is 17.1. The van der Waals surface area contributed by atoms with Crippen molar-refractivity contribution < 1.29 is 80.9 Å². The van der Waals surface area contributed by atoms with E-state index >= 15 is 0 Å². The van der Waals surface area contributed by atoms with Gasteiger partial charge in [0.05, 0.1) is 66.8 Å². The number of ether oxygens (including phenoxy) is 10. The van der Waals surface area contributed by atoms with Gasteiger partial charge in [0.25, 0.3) is 5.91 Å². The average Bonchev–Trinajstić information content (AvgIpc) is 3.73. The lowest BCUT2D eigenvalue weighted by atomic mass is 10.2. The predicted molar refractivity (Wildman–Crippen MR) is 372 cm³/mol. The third-order valence-corrected chi connectivity index (χ3v) is 16.2. The minimum atomic E-state index is -0.881. The summed E-state index contributed by atoms with van der Waals surface area (Å²) in [7, 11) is 15.9. The van der Waals surface area contributed by atoms with Crippen LogP contribution in [0.1, 0.15) is 65.7 Å². The zero-order valence-corrected chi connectivity index (χ0v) is 59.5. The summed E-state index contributed by atoms with van der Waals surface area (Å²) in [4.78, 5) is 79.2. The Morgan fingerprint density at radius 1 is 0.516 bits per heavy atom. The summed E-state index contributed by atoms with van der Waals surface area (Å²) >= 11 is 3.54. The van der Waals surface area contributed by atoms with Gasteiger partial charge in [-0.2, -0.15) is 0 Å². The molecule has 0 saturated heterocycles. The smallest absolute Gasteiger partial charge is 0.310 e. The van der Waals surface area contributed by atoms with E-state index in [2.05, 4.69) is 74.3 Å². The van der Waals surface area contributed by atoms with Crippen LogP contribution in [0.25, 0.3) is 0 Å². The molecule has 0 aliphatic rings. The Hall–Kier alpha value is -4.48. The Bertz CT molecular complexity index is 1930. The van der Waals surface area contributed by atoms with E-state index in [4.69, 9.17) is 56.1 Å². The molecule has 1 unspecified atom stereocenters. The number of methoxy groups -OCH3 is 3. The molecule has 0 aromatic heterocycles. The van der Waals surface area contributed by atoms with Gasteiger partial charge < -0.3 is 113 Å². The molecule has 0 aliphatic heterocycles. The number of hydrogen-bond acceptors (Lipinski definition) is 34. The van der Waals surface area contributed by atoms with E-state index in [9.17, 15) is 33.6 Å². The fourth-order valence-electron chi connectivity index (χ4n) is 4.95. The number of amides is 3. The number of hydrogen-bond donors (Lipinski definition) is 14. The number of thiol groups is 1. The first-order valence-electron chi connectivity index (χ1n) is 28.6. The molecule has 0 aliphatic carbocycles. The molecule has 17 N–H and O–H groups in total. The van der Waals surface area contributed by atoms with E-state index in [0.29, 0.717) is 84.5 Å². The van der Waals surface area contributed by atoms with E-state index < -0.39 is 17.9 Å². The molecule has 1 atom stereocenters. The van der Waals surface area contributed by atoms with Gasteiger partial charge in [0, 0.05) is 112 Å². The Kier molecular flexibility index (Phi) is 76.1. The van der Waals surface area contributed by atoms with Crippen molar-refractivity contribution in [3.63, 3.8) is 0 Å². The third-order valence-electron chi connectivity index (χ3n) is 8.94. The third kappa shape index (κ3) is 85.5. The van der Waals surface area contributed by atoms with Crippen molar-refractivity contribution in [2.45, 2.75) is 83.6 Å². The standard InChI is InChI=1S/C22H39N3O7S2.C17H34N6O5S2.C14H27N3O5S2.CH5NS/c1-22(2,3)32-21(28)7-5-9-23-11-15-33-34-16-12-25-19(26)17-24-10-14-31-18-30-13-6-8-20(27)29-4;1-26-15(24)3-2-9-27-13-28-10-6-22-16(20)17(25)23-8-12-30-29-11-7-21-5-4-14(18)19;1-20-14(19)3-2-7-21-12-22-8-5-16-11-13(18)17-6-10-24-23-9-4-15;1-2-3/h5,9-10,14,23-24H,6-8,11-13,15-18H2,1-4H3,(H,25,26);4-6,10,14,16,21-22H,2-3,7-9,11-13,18-20H2,1H3,(H,23,25);5,8,16H,2-4,6-7,9-12,15H2,1H3,(H,17,18);2-3H,1H3. The Labute approximate surface area is 567 Å². The largest absolute Gasteiger partial charge is 0.474 e. The molecule has 0 saturated carbocycles. The van der Waals surface area contributed by atoms with E-state index in [-0.39, 0.29) is 81.5 Å². The molecular formula is C54H105N13O17S7. The Morgan fingerprint density at radius 3 is 1.30 bits per heavy atom. The minimum Gasteiger partial charge on any atom is -0.474 e. The minimum absolute atomic E-state index is 0.0298. The maximum absolute atomic E-state index is 11.8. The average molecular weight is 1430 g/mol. The summed E-state index contributed by atoms with van der Waals surface area (Å²) < 4.78 is 51.9. The topological polar surface area (TPSA) is 424 Å². The van der Waals surface area contributed by atoms with Crippen molar-refractivity contribution in [3.05, 3.63) is 61.9 Å². The van der Waals surface area contributed by atoms with Crippen molar-refractivity contribution in [1.82, 2.24) is 47.3 Å². The highest BCUT2D eigenvalue weighted by Crippen LogP contribution is 2.20. The zero-order valence-electron chi connectivity index (χ0n) is 53.7. The van der Waals surface area contributed by atoms with Crippen LogP contribution in [0.2, 0.25) is 0 Å². The fraction of sp³-hybridized carbons (Fsp3) is 0.685. The first-order chi connectivity index (χ1) is 43.8. The number of rotatable bonds is 55. The Balaban J connectivity index is -0.000000618. The maximum atomic E-state index is 11.8. The van der Waals surface area contributed by atoms with Gasteiger partial charge in [-0.3, -0.25) is 38.3 Å². The van der Waals surface area contributed by atoms with Gasteiger partial charge in [-0.05, 0) is 65.6 Å². The van der Waals surface area contributed by atoms with Gasteiger partial charge >= 0.3 is 23.9 Å². The molecule has 0 radical (unpaired) electrons. The van der Waals surface area contributed by atoms with Gasteiger partial charge in [-0.1, -0.05) is 83.7 Å². The van der Waals surface area contributed by atoms with Crippen LogP contribution in [0, 0.1) is 0 Å². The second-order valence-corrected chi connectivity index (χ2v) is 26.5. The van der Waals surface area contributed by atoms with Gasteiger partial charge in [0.15, 0.2) is 26.5 Å². The molecule has 37 heteroatoms. The molecule has 0 fully saturated rings. The predicted octanol–water partition coefficient (Wildman–Crippen LogP) is 1.94. The first-order valence-corrected chi connectivity index (χ1v) is 36.5. The summed E-state index contributed by atoms with van der Waals surface area (Å²) in [6, 6.07) is 0. The number of esters is 4. The molecular weight excluding hydrogens is 1330 g/mol. The van der Waals surface area contributed by atoms with Gasteiger partial charge in [-0.15, -0.1) is 0 Å². The van der Waals surface area contributed by atoms with Crippen LogP contribution < -0.4 is 70.2 Å². The van der Waals surface area contributed by atoms with E-state index in [1.54, 1.807) is 96.4 Å². The summed E-state index contributed by atoms with van der Waals surface area (Å²) in [6.45, 7) is 11.2. The normalized spacial score (nSPS) is 11.3. The van der Waals surface area contributed by atoms with Crippen LogP contribution >= 0.6 is 77.6 Å². The number of nitrogens with two attached hydrogens (primary N) is 4. The summed E-state index contributed by atoms with van der Waals surface area (Å²) in [5, 5.41) is 22.9. The van der Waals surface area contributed by atoms with Crippen molar-refractivity contribution in [3.8, 4) is 0 Å². The number of nitrogens with one attached hydrogen (secondary N) is 9. The highest BCUT2D eigenvalue weighted by Gasteiger charge is 2.15. The first kappa shape index (κ1) is 92.9. The van der Waals surface area contributed by atoms with E-state index in [1.165, 1.54) is 58.7 Å². The lowest BCUT2D eigenvalue weighted by molar-refractivity contribution is -0.153. The second kappa shape index (κ2) is 74.6. The monoisotopic (exact) mass is 1430 g/mol. The highest BCUT2D eigenvalue weighted by molar-refractivity contribution is 8.77. The molecule has 91 heavy (non-hydrogen) atoms. The molecule has 0 bridgehead atoms. The van der Waals surface area contributed by atoms with Crippen LogP contribution in [-0.4, -0.2) is 215 Å².